The van der Waals surface area contributed by atoms with Crippen molar-refractivity contribution < 1.29 is 0 Å². The lowest BCUT2D eigenvalue weighted by Gasteiger charge is -2.10. The number of aromatic amines is 1. The number of thiocarbonyl (C=S) groups is 1. The third-order valence-electron chi connectivity index (χ3n) is 2.21. The van der Waals surface area contributed by atoms with E-state index in [1.54, 1.807) is 0 Å². The van der Waals surface area contributed by atoms with Crippen molar-refractivity contribution in [1.29, 1.82) is 0 Å². The molecule has 1 aromatic carbocycles. The Labute approximate surface area is 109 Å². The lowest BCUT2D eigenvalue weighted by atomic mass is 10.2. The molecule has 1 heterocycles. The number of hydrogen-bond acceptors (Lipinski definition) is 3. The zero-order valence-electron chi connectivity index (χ0n) is 8.96. The maximum atomic E-state index is 6.02. The van der Waals surface area contributed by atoms with Crippen LogP contribution >= 0.6 is 23.8 Å². The van der Waals surface area contributed by atoms with E-state index < -0.39 is 0 Å². The fourth-order valence-electron chi connectivity index (χ4n) is 1.49. The zero-order chi connectivity index (χ0) is 12.3. The number of fused-ring (bicyclic) bond motifs is 1. The van der Waals surface area contributed by atoms with Crippen molar-refractivity contribution >= 4 is 45.5 Å². The maximum absolute atomic E-state index is 6.02. The van der Waals surface area contributed by atoms with Crippen molar-refractivity contribution in [3.8, 4) is 0 Å². The van der Waals surface area contributed by atoms with Crippen LogP contribution in [-0.4, -0.2) is 28.4 Å². The van der Waals surface area contributed by atoms with Gasteiger partial charge in [-0.3, -0.25) is 5.10 Å². The smallest absolute Gasteiger partial charge is 0.170 e. The summed E-state index contributed by atoms with van der Waals surface area (Å²) in [5, 5.41) is 14.7. The number of nitrogens with one attached hydrogen (secondary N) is 3. The molecule has 5 nitrogen and oxygen atoms in total. The normalized spacial score (nSPS) is 10.5. The predicted octanol–water partition coefficient (Wildman–Crippen LogP) is 1.46. The number of benzene rings is 1. The summed E-state index contributed by atoms with van der Waals surface area (Å²) >= 11 is 11.2. The van der Waals surface area contributed by atoms with Gasteiger partial charge in [-0.15, -0.1) is 0 Å². The van der Waals surface area contributed by atoms with Gasteiger partial charge in [-0.05, 0) is 24.4 Å². The fraction of sp³-hybridized carbons (Fsp3) is 0.200. The molecule has 0 fully saturated rings. The van der Waals surface area contributed by atoms with Gasteiger partial charge in [-0.2, -0.15) is 5.10 Å². The van der Waals surface area contributed by atoms with Crippen LogP contribution in [0, 0.1) is 0 Å². The Balaban J connectivity index is 2.23. The van der Waals surface area contributed by atoms with E-state index in [1.807, 2.05) is 18.2 Å². The summed E-state index contributed by atoms with van der Waals surface area (Å²) in [6.07, 6.45) is 0. The van der Waals surface area contributed by atoms with Crippen LogP contribution in [0.25, 0.3) is 10.9 Å². The van der Waals surface area contributed by atoms with Crippen molar-refractivity contribution in [2.45, 2.75) is 0 Å². The number of nitrogens with zero attached hydrogens (tertiary/aromatic N) is 1. The molecule has 0 radical (unpaired) electrons. The lowest BCUT2D eigenvalue weighted by Crippen LogP contribution is -2.32. The first-order chi connectivity index (χ1) is 8.22. The SMILES string of the molecule is NCCNC(=S)Nc1cccc2n[nH]c(Cl)c12. The quantitative estimate of drug-likeness (QED) is 0.635. The molecule has 0 bridgehead atoms. The first-order valence-corrected chi connectivity index (χ1v) is 5.88. The summed E-state index contributed by atoms with van der Waals surface area (Å²) in [7, 11) is 0. The molecule has 0 spiro atoms. The molecule has 0 saturated carbocycles. The van der Waals surface area contributed by atoms with Gasteiger partial charge in [0, 0.05) is 13.1 Å². The number of anilines is 1. The van der Waals surface area contributed by atoms with Crippen molar-refractivity contribution in [3.63, 3.8) is 0 Å². The molecule has 0 atom stereocenters. The number of rotatable bonds is 3. The molecule has 0 aliphatic heterocycles. The van der Waals surface area contributed by atoms with Gasteiger partial charge in [-0.1, -0.05) is 17.7 Å². The average Bonchev–Trinajstić information content (AvgIpc) is 2.70. The second-order valence-electron chi connectivity index (χ2n) is 3.41. The summed E-state index contributed by atoms with van der Waals surface area (Å²) < 4.78 is 0. The van der Waals surface area contributed by atoms with Crippen LogP contribution in [0.4, 0.5) is 5.69 Å². The average molecular weight is 270 g/mol. The molecular weight excluding hydrogens is 258 g/mol. The highest BCUT2D eigenvalue weighted by Crippen LogP contribution is 2.27. The minimum absolute atomic E-state index is 0.490. The van der Waals surface area contributed by atoms with Crippen LogP contribution in [0.1, 0.15) is 0 Å². The van der Waals surface area contributed by atoms with Crippen LogP contribution in [0.3, 0.4) is 0 Å². The Bertz CT molecular complexity index is 538. The highest BCUT2D eigenvalue weighted by molar-refractivity contribution is 7.80. The third-order valence-corrected chi connectivity index (χ3v) is 2.73. The van der Waals surface area contributed by atoms with Crippen LogP contribution in [0.15, 0.2) is 18.2 Å². The van der Waals surface area contributed by atoms with Crippen molar-refractivity contribution in [1.82, 2.24) is 15.5 Å². The van der Waals surface area contributed by atoms with Gasteiger partial charge in [0.15, 0.2) is 5.11 Å². The number of aromatic nitrogens is 2. The first-order valence-electron chi connectivity index (χ1n) is 5.10. The Morgan fingerprint density at radius 2 is 2.35 bits per heavy atom. The molecule has 0 aliphatic carbocycles. The summed E-state index contributed by atoms with van der Waals surface area (Å²) in [4.78, 5) is 0. The molecule has 0 amide bonds. The lowest BCUT2D eigenvalue weighted by molar-refractivity contribution is 0.883. The highest BCUT2D eigenvalue weighted by Gasteiger charge is 2.08. The minimum atomic E-state index is 0.490. The molecule has 17 heavy (non-hydrogen) atoms. The van der Waals surface area contributed by atoms with Gasteiger partial charge in [0.1, 0.15) is 5.15 Å². The van der Waals surface area contributed by atoms with E-state index in [2.05, 4.69) is 20.8 Å². The molecule has 90 valence electrons. The van der Waals surface area contributed by atoms with E-state index >= 15 is 0 Å². The second-order valence-corrected chi connectivity index (χ2v) is 4.19. The molecular formula is C10H12ClN5S. The van der Waals surface area contributed by atoms with Crippen LogP contribution < -0.4 is 16.4 Å². The molecule has 5 N–H and O–H groups in total. The fourth-order valence-corrected chi connectivity index (χ4v) is 1.94. The Kier molecular flexibility index (Phi) is 3.78. The molecule has 0 aliphatic rings. The van der Waals surface area contributed by atoms with E-state index in [1.165, 1.54) is 0 Å². The second kappa shape index (κ2) is 5.31. The molecule has 0 saturated heterocycles. The van der Waals surface area contributed by atoms with Crippen LogP contribution in [0.5, 0.6) is 0 Å². The van der Waals surface area contributed by atoms with Crippen molar-refractivity contribution in [3.05, 3.63) is 23.4 Å². The van der Waals surface area contributed by atoms with Gasteiger partial charge >= 0.3 is 0 Å². The number of H-pyrrole nitrogens is 1. The molecule has 1 aromatic heterocycles. The standard InChI is InChI=1S/C10H12ClN5S/c11-9-8-6(14-10(17)13-5-4-12)2-1-3-7(8)15-16-9/h1-3H,4-5,12H2,(H,15,16)(H2,13,14,17). The number of hydrogen-bond donors (Lipinski definition) is 4. The van der Waals surface area contributed by atoms with E-state index in [4.69, 9.17) is 29.6 Å². The summed E-state index contributed by atoms with van der Waals surface area (Å²) in [5.74, 6) is 0. The Morgan fingerprint density at radius 3 is 3.12 bits per heavy atom. The predicted molar refractivity (Wildman–Crippen MR) is 74.4 cm³/mol. The van der Waals surface area contributed by atoms with Gasteiger partial charge in [0.2, 0.25) is 0 Å². The summed E-state index contributed by atoms with van der Waals surface area (Å²) in [6.45, 7) is 1.15. The number of halogens is 1. The van der Waals surface area contributed by atoms with Gasteiger partial charge in [0.05, 0.1) is 16.6 Å². The van der Waals surface area contributed by atoms with Gasteiger partial charge < -0.3 is 16.4 Å². The van der Waals surface area contributed by atoms with Crippen molar-refractivity contribution in [2.24, 2.45) is 5.73 Å². The van der Waals surface area contributed by atoms with E-state index in [0.29, 0.717) is 23.4 Å². The number of nitrogens with two attached hydrogens (primary N) is 1. The maximum Gasteiger partial charge on any atom is 0.170 e. The largest absolute Gasteiger partial charge is 0.361 e. The summed E-state index contributed by atoms with van der Waals surface area (Å²) in [5.41, 5.74) is 6.99. The molecule has 7 heteroatoms. The minimum Gasteiger partial charge on any atom is -0.361 e. The van der Waals surface area contributed by atoms with E-state index in [9.17, 15) is 0 Å². The summed E-state index contributed by atoms with van der Waals surface area (Å²) in [6, 6.07) is 5.65. The van der Waals surface area contributed by atoms with Crippen LogP contribution in [0.2, 0.25) is 5.15 Å². The van der Waals surface area contributed by atoms with Crippen LogP contribution in [-0.2, 0) is 0 Å². The van der Waals surface area contributed by atoms with Crippen molar-refractivity contribution in [2.75, 3.05) is 18.4 Å². The Morgan fingerprint density at radius 1 is 1.53 bits per heavy atom. The molecule has 0 unspecified atom stereocenters. The molecule has 2 aromatic rings. The third kappa shape index (κ3) is 2.66. The first kappa shape index (κ1) is 12.1. The Hall–Kier alpha value is -1.37. The highest BCUT2D eigenvalue weighted by atomic mass is 35.5. The molecule has 2 rings (SSSR count). The topological polar surface area (TPSA) is 78.8 Å². The monoisotopic (exact) mass is 269 g/mol. The van der Waals surface area contributed by atoms with E-state index in [-0.39, 0.29) is 0 Å². The van der Waals surface area contributed by atoms with Gasteiger partial charge in [-0.25, -0.2) is 0 Å². The zero-order valence-corrected chi connectivity index (χ0v) is 10.5. The van der Waals surface area contributed by atoms with Gasteiger partial charge in [0.25, 0.3) is 0 Å². The van der Waals surface area contributed by atoms with E-state index in [0.717, 1.165) is 16.6 Å².